The summed E-state index contributed by atoms with van der Waals surface area (Å²) in [5, 5.41) is 0. The number of methoxy groups -OCH3 is 1. The van der Waals surface area contributed by atoms with E-state index in [-0.39, 0.29) is 24.0 Å². The summed E-state index contributed by atoms with van der Waals surface area (Å²) in [6.45, 7) is 27.1. The van der Waals surface area contributed by atoms with Crippen molar-refractivity contribution in [2.24, 2.45) is 40.9 Å². The first-order valence-electron chi connectivity index (χ1n) is 34.1. The van der Waals surface area contributed by atoms with E-state index in [9.17, 15) is 9.59 Å². The fourth-order valence-electron chi connectivity index (χ4n) is 12.6. The number of unbranched alkanes of at least 4 members (excludes halogenated alkanes) is 9. The standard InChI is InChI=1S/C72H127NO8/c1-9-12-13-14-15-16-17-24-37-67(76-8)58-66-40-39-62(5)68(59-66)63(6)71(75)73-47-26-25-38-69(73)70(74)60-65(35-23-18-22-34-61(4)11-3)43-46-72(7)44-41-64(42-45-72)36-33-55-80-53-31-20-29-51-78-49-27-19-28-50-79-52-30-21-32-54-81-57-56-77-48-10-2/h14-17,22,24,34,37,61-62,64-69H,6,9-13,18-21,23,25-33,35-36,38-60H2,1-5,7-8H3/b15-14+,17-16+,34-22+,37-24+/t61?,62-,64?,65?,66+,67?,68?,69?,72?/m1/s1. The maximum atomic E-state index is 14.6. The first-order chi connectivity index (χ1) is 39.5. The van der Waals surface area contributed by atoms with Crippen LogP contribution in [0.25, 0.3) is 0 Å². The number of amides is 1. The molecule has 3 fully saturated rings. The topological polar surface area (TPSA) is 92.8 Å². The van der Waals surface area contributed by atoms with Gasteiger partial charge in [0.05, 0.1) is 25.4 Å². The molecule has 0 spiro atoms. The molecule has 0 aromatic carbocycles. The summed E-state index contributed by atoms with van der Waals surface area (Å²) in [5.74, 6) is 3.09. The number of Topliss-reactive ketones (excluding diaryl/α,β-unsaturated/α-hetero) is 1. The van der Waals surface area contributed by atoms with Gasteiger partial charge in [-0.2, -0.15) is 0 Å². The average Bonchev–Trinajstić information content (AvgIpc) is 3.64. The molecule has 0 aromatic heterocycles. The number of allylic oxidation sites excluding steroid dienone is 7. The van der Waals surface area contributed by atoms with E-state index in [1.54, 1.807) is 7.11 Å². The number of likely N-dealkylation sites (tertiary alicyclic amines) is 1. The van der Waals surface area contributed by atoms with Gasteiger partial charge < -0.3 is 33.3 Å². The number of rotatable bonds is 50. The Hall–Kier alpha value is -2.40. The molecule has 1 aliphatic heterocycles. The third-order valence-corrected chi connectivity index (χ3v) is 18.5. The molecule has 5 unspecified atom stereocenters. The lowest BCUT2D eigenvalue weighted by molar-refractivity contribution is -0.139. The zero-order valence-corrected chi connectivity index (χ0v) is 53.8. The van der Waals surface area contributed by atoms with Gasteiger partial charge in [-0.15, -0.1) is 0 Å². The van der Waals surface area contributed by atoms with E-state index in [2.05, 4.69) is 96.7 Å². The smallest absolute Gasteiger partial charge is 0.250 e. The second-order valence-electron chi connectivity index (χ2n) is 25.6. The van der Waals surface area contributed by atoms with E-state index < -0.39 is 0 Å². The number of carbonyl (C=O) groups is 2. The van der Waals surface area contributed by atoms with Gasteiger partial charge in [0.1, 0.15) is 0 Å². The van der Waals surface area contributed by atoms with Gasteiger partial charge in [-0.3, -0.25) is 9.59 Å². The van der Waals surface area contributed by atoms with Gasteiger partial charge in [0.15, 0.2) is 5.78 Å². The van der Waals surface area contributed by atoms with Crippen molar-refractivity contribution in [2.45, 2.75) is 266 Å². The van der Waals surface area contributed by atoms with Gasteiger partial charge >= 0.3 is 0 Å². The second-order valence-corrected chi connectivity index (χ2v) is 25.6. The predicted octanol–water partition coefficient (Wildman–Crippen LogP) is 18.3. The molecule has 0 radical (unpaired) electrons. The Labute approximate surface area is 499 Å². The minimum Gasteiger partial charge on any atom is -0.381 e. The highest BCUT2D eigenvalue weighted by molar-refractivity contribution is 5.97. The summed E-state index contributed by atoms with van der Waals surface area (Å²) in [4.78, 5) is 31.2. The Morgan fingerprint density at radius 1 is 0.630 bits per heavy atom. The van der Waals surface area contributed by atoms with Gasteiger partial charge in [-0.1, -0.05) is 122 Å². The van der Waals surface area contributed by atoms with Crippen LogP contribution in [-0.2, 0) is 38.0 Å². The molecular weight excluding hydrogens is 1010 g/mol. The van der Waals surface area contributed by atoms with Crippen LogP contribution in [0.15, 0.2) is 60.8 Å². The Morgan fingerprint density at radius 3 is 1.85 bits per heavy atom. The predicted molar refractivity (Wildman–Crippen MR) is 341 cm³/mol. The molecule has 1 saturated heterocycles. The van der Waals surface area contributed by atoms with E-state index in [4.69, 9.17) is 28.4 Å². The molecule has 1 amide bonds. The van der Waals surface area contributed by atoms with E-state index in [0.717, 1.165) is 206 Å². The van der Waals surface area contributed by atoms with Crippen molar-refractivity contribution in [3.63, 3.8) is 0 Å². The lowest BCUT2D eigenvalue weighted by Crippen LogP contribution is -2.49. The Bertz CT molecular complexity index is 1680. The van der Waals surface area contributed by atoms with Crippen LogP contribution in [0.2, 0.25) is 0 Å². The number of ether oxygens (including phenoxy) is 6. The molecule has 9 nitrogen and oxygen atoms in total. The minimum absolute atomic E-state index is 0.0362. The molecule has 81 heavy (non-hydrogen) atoms. The highest BCUT2D eigenvalue weighted by atomic mass is 16.5. The Balaban J connectivity index is 1.34. The second kappa shape index (κ2) is 47.8. The number of piperidine rings is 1. The molecule has 2 aliphatic carbocycles. The Kier molecular flexibility index (Phi) is 43.0. The number of ketones is 1. The largest absolute Gasteiger partial charge is 0.381 e. The first kappa shape index (κ1) is 72.9. The van der Waals surface area contributed by atoms with E-state index in [1.165, 1.54) is 64.2 Å². The lowest BCUT2D eigenvalue weighted by Gasteiger charge is -2.40. The molecule has 468 valence electrons. The van der Waals surface area contributed by atoms with Crippen molar-refractivity contribution in [3.05, 3.63) is 60.8 Å². The van der Waals surface area contributed by atoms with Crippen LogP contribution in [-0.4, -0.2) is 108 Å². The molecule has 9 heteroatoms. The number of hydrogen-bond donors (Lipinski definition) is 0. The van der Waals surface area contributed by atoms with Crippen LogP contribution in [0.5, 0.6) is 0 Å². The van der Waals surface area contributed by atoms with Crippen LogP contribution in [0.3, 0.4) is 0 Å². The summed E-state index contributed by atoms with van der Waals surface area (Å²) in [5.41, 5.74) is 1.07. The molecule has 0 N–H and O–H groups in total. The summed E-state index contributed by atoms with van der Waals surface area (Å²) in [7, 11) is 1.80. The summed E-state index contributed by atoms with van der Waals surface area (Å²) < 4.78 is 34.8. The first-order valence-corrected chi connectivity index (χ1v) is 34.1. The summed E-state index contributed by atoms with van der Waals surface area (Å²) in [6.07, 6.45) is 54.2. The van der Waals surface area contributed by atoms with Crippen molar-refractivity contribution < 1.29 is 38.0 Å². The molecule has 3 aliphatic rings. The fraction of sp³-hybridized carbons (Fsp3) is 0.833. The highest BCUT2D eigenvalue weighted by Gasteiger charge is 2.39. The van der Waals surface area contributed by atoms with Crippen molar-refractivity contribution >= 4 is 11.7 Å². The van der Waals surface area contributed by atoms with E-state index >= 15 is 0 Å². The van der Waals surface area contributed by atoms with Crippen LogP contribution < -0.4 is 0 Å². The molecule has 1 heterocycles. The van der Waals surface area contributed by atoms with Gasteiger partial charge in [0.2, 0.25) is 5.91 Å². The van der Waals surface area contributed by atoms with Gasteiger partial charge in [0, 0.05) is 78.5 Å². The fourth-order valence-corrected chi connectivity index (χ4v) is 12.6. The number of hydrogen-bond acceptors (Lipinski definition) is 8. The SMILES string of the molecule is C=C(C(=O)N1CCCCC1C(=O)CC(CCC/C=C/C(C)CC)CCC1(C)CCC(CCCOCCCCCOCCCCCOCCCCCOCCOCCC)CC1)C1C[C@H](CC(/C=C/C=C/C=C/CCCC)OC)CC[C@H]1C. The van der Waals surface area contributed by atoms with Crippen molar-refractivity contribution in [2.75, 3.05) is 79.7 Å². The van der Waals surface area contributed by atoms with Crippen LogP contribution in [0.4, 0.5) is 0 Å². The molecule has 0 bridgehead atoms. The molecule has 7 atom stereocenters. The summed E-state index contributed by atoms with van der Waals surface area (Å²) >= 11 is 0. The van der Waals surface area contributed by atoms with Crippen molar-refractivity contribution in [1.29, 1.82) is 0 Å². The lowest BCUT2D eigenvalue weighted by atomic mass is 9.67. The zero-order chi connectivity index (χ0) is 58.4. The normalized spacial score (nSPS) is 23.1. The third-order valence-electron chi connectivity index (χ3n) is 18.5. The van der Waals surface area contributed by atoms with Gasteiger partial charge in [-0.25, -0.2) is 0 Å². The molecular formula is C72H127NO8. The maximum Gasteiger partial charge on any atom is 0.250 e. The van der Waals surface area contributed by atoms with Crippen molar-refractivity contribution in [3.8, 4) is 0 Å². The molecule has 2 saturated carbocycles. The monoisotopic (exact) mass is 1130 g/mol. The van der Waals surface area contributed by atoms with Gasteiger partial charge in [-0.05, 0) is 221 Å². The zero-order valence-electron chi connectivity index (χ0n) is 53.8. The Morgan fingerprint density at radius 2 is 1.23 bits per heavy atom. The molecule has 0 aromatic rings. The van der Waals surface area contributed by atoms with E-state index in [0.29, 0.717) is 61.0 Å². The van der Waals surface area contributed by atoms with Gasteiger partial charge in [0.25, 0.3) is 0 Å². The number of nitrogens with zero attached hydrogens (tertiary/aromatic N) is 1. The van der Waals surface area contributed by atoms with Crippen LogP contribution in [0.1, 0.15) is 253 Å². The van der Waals surface area contributed by atoms with E-state index in [1.807, 2.05) is 4.90 Å². The summed E-state index contributed by atoms with van der Waals surface area (Å²) in [6, 6.07) is -0.325. The quantitative estimate of drug-likeness (QED) is 0.0257. The average molecular weight is 1130 g/mol. The van der Waals surface area contributed by atoms with Crippen LogP contribution >= 0.6 is 0 Å². The maximum absolute atomic E-state index is 14.6. The third kappa shape index (κ3) is 34.4. The van der Waals surface area contributed by atoms with Crippen molar-refractivity contribution in [1.82, 2.24) is 4.90 Å². The minimum atomic E-state index is -0.325. The highest BCUT2D eigenvalue weighted by Crippen LogP contribution is 2.45. The number of carbonyl (C=O) groups excluding carboxylic acids is 2. The molecule has 3 rings (SSSR count). The van der Waals surface area contributed by atoms with Crippen LogP contribution in [0, 0.1) is 40.9 Å².